The number of aromatic nitrogens is 3. The minimum absolute atomic E-state index is 0.503. The predicted octanol–water partition coefficient (Wildman–Crippen LogP) is 2.48. The van der Waals surface area contributed by atoms with Gasteiger partial charge in [-0.05, 0) is 31.5 Å². The van der Waals surface area contributed by atoms with Gasteiger partial charge in [-0.1, -0.05) is 23.2 Å². The highest BCUT2D eigenvalue weighted by Gasteiger charge is 2.06. The summed E-state index contributed by atoms with van der Waals surface area (Å²) in [5.41, 5.74) is 6.95. The number of nitrogens with zero attached hydrogens (tertiary/aromatic N) is 3. The monoisotopic (exact) mass is 258 g/mol. The first-order valence-electron chi connectivity index (χ1n) is 5.10. The van der Waals surface area contributed by atoms with Crippen molar-refractivity contribution in [3.8, 4) is 0 Å². The summed E-state index contributed by atoms with van der Waals surface area (Å²) in [5, 5.41) is 9.62. The lowest BCUT2D eigenvalue weighted by Crippen LogP contribution is -2.05. The van der Waals surface area contributed by atoms with Crippen LogP contribution in [0.1, 0.15) is 12.8 Å². The molecule has 0 saturated carbocycles. The highest BCUT2D eigenvalue weighted by atomic mass is 35.5. The summed E-state index contributed by atoms with van der Waals surface area (Å²) < 4.78 is 0. The Balaban J connectivity index is 2.23. The van der Waals surface area contributed by atoms with Crippen molar-refractivity contribution in [1.82, 2.24) is 15.0 Å². The van der Waals surface area contributed by atoms with E-state index in [-0.39, 0.29) is 0 Å². The van der Waals surface area contributed by atoms with Crippen LogP contribution < -0.4 is 5.73 Å². The third-order valence-corrected chi connectivity index (χ3v) is 3.00. The molecule has 0 bridgehead atoms. The minimum Gasteiger partial charge on any atom is -0.330 e. The van der Waals surface area contributed by atoms with Crippen molar-refractivity contribution in [2.75, 3.05) is 6.54 Å². The van der Waals surface area contributed by atoms with E-state index < -0.39 is 0 Å². The molecule has 1 aromatic carbocycles. The molecular formula is C10H12Cl2N4. The van der Waals surface area contributed by atoms with E-state index in [1.165, 1.54) is 0 Å². The SMILES string of the molecule is NCCCCn1nc2cc(Cl)c(Cl)cc2n1. The lowest BCUT2D eigenvalue weighted by molar-refractivity contribution is 0.508. The number of benzene rings is 1. The summed E-state index contributed by atoms with van der Waals surface area (Å²) in [6.07, 6.45) is 1.94. The molecule has 0 aliphatic carbocycles. The molecule has 2 rings (SSSR count). The first-order chi connectivity index (χ1) is 7.70. The lowest BCUT2D eigenvalue weighted by atomic mass is 10.3. The van der Waals surface area contributed by atoms with Crippen LogP contribution in [-0.2, 0) is 6.54 Å². The van der Waals surface area contributed by atoms with Gasteiger partial charge < -0.3 is 5.73 Å². The number of aryl methyl sites for hydroxylation is 1. The third kappa shape index (κ3) is 2.45. The minimum atomic E-state index is 0.503. The van der Waals surface area contributed by atoms with Crippen LogP contribution in [0, 0.1) is 0 Å². The number of fused-ring (bicyclic) bond motifs is 1. The van der Waals surface area contributed by atoms with E-state index in [4.69, 9.17) is 28.9 Å². The summed E-state index contributed by atoms with van der Waals surface area (Å²) in [7, 11) is 0. The highest BCUT2D eigenvalue weighted by molar-refractivity contribution is 6.42. The van der Waals surface area contributed by atoms with Crippen LogP contribution in [-0.4, -0.2) is 21.5 Å². The van der Waals surface area contributed by atoms with E-state index >= 15 is 0 Å². The number of unbranched alkanes of at least 4 members (excludes halogenated alkanes) is 1. The summed E-state index contributed by atoms with van der Waals surface area (Å²) >= 11 is 11.8. The van der Waals surface area contributed by atoms with Gasteiger partial charge in [-0.3, -0.25) is 0 Å². The Kier molecular flexibility index (Phi) is 3.63. The molecule has 0 amide bonds. The molecule has 86 valence electrons. The zero-order chi connectivity index (χ0) is 11.5. The molecule has 0 fully saturated rings. The van der Waals surface area contributed by atoms with Crippen LogP contribution in [0.25, 0.3) is 11.0 Å². The van der Waals surface area contributed by atoms with Gasteiger partial charge in [0.15, 0.2) is 0 Å². The van der Waals surface area contributed by atoms with Gasteiger partial charge in [0.05, 0.1) is 16.6 Å². The van der Waals surface area contributed by atoms with Crippen molar-refractivity contribution in [3.63, 3.8) is 0 Å². The molecule has 0 aliphatic rings. The van der Waals surface area contributed by atoms with E-state index in [0.29, 0.717) is 16.6 Å². The zero-order valence-corrected chi connectivity index (χ0v) is 10.2. The van der Waals surface area contributed by atoms with Crippen molar-refractivity contribution in [1.29, 1.82) is 0 Å². The number of hydrogen-bond acceptors (Lipinski definition) is 3. The fourth-order valence-corrected chi connectivity index (χ4v) is 1.77. The number of rotatable bonds is 4. The van der Waals surface area contributed by atoms with E-state index in [0.717, 1.165) is 30.4 Å². The Morgan fingerprint density at radius 1 is 1.06 bits per heavy atom. The van der Waals surface area contributed by atoms with E-state index in [9.17, 15) is 0 Å². The topological polar surface area (TPSA) is 56.7 Å². The van der Waals surface area contributed by atoms with Crippen molar-refractivity contribution >= 4 is 34.2 Å². The van der Waals surface area contributed by atoms with Crippen LogP contribution >= 0.6 is 23.2 Å². The molecule has 1 heterocycles. The first-order valence-corrected chi connectivity index (χ1v) is 5.86. The molecular weight excluding hydrogens is 247 g/mol. The molecule has 6 heteroatoms. The molecule has 4 nitrogen and oxygen atoms in total. The molecule has 0 aliphatic heterocycles. The maximum Gasteiger partial charge on any atom is 0.114 e. The van der Waals surface area contributed by atoms with Gasteiger partial charge in [0.1, 0.15) is 11.0 Å². The van der Waals surface area contributed by atoms with Gasteiger partial charge in [0, 0.05) is 0 Å². The molecule has 0 atom stereocenters. The Morgan fingerprint density at radius 2 is 1.62 bits per heavy atom. The fourth-order valence-electron chi connectivity index (χ4n) is 1.45. The summed E-state index contributed by atoms with van der Waals surface area (Å²) in [6.45, 7) is 1.46. The van der Waals surface area contributed by atoms with E-state index in [1.54, 1.807) is 16.9 Å². The second-order valence-corrected chi connectivity index (χ2v) is 4.36. The van der Waals surface area contributed by atoms with Crippen molar-refractivity contribution in [3.05, 3.63) is 22.2 Å². The molecule has 0 saturated heterocycles. The van der Waals surface area contributed by atoms with Gasteiger partial charge in [0.2, 0.25) is 0 Å². The highest BCUT2D eigenvalue weighted by Crippen LogP contribution is 2.25. The average Bonchev–Trinajstić information content (AvgIpc) is 2.61. The lowest BCUT2D eigenvalue weighted by Gasteiger charge is -1.96. The summed E-state index contributed by atoms with van der Waals surface area (Å²) in [4.78, 5) is 1.66. The molecule has 2 N–H and O–H groups in total. The molecule has 0 unspecified atom stereocenters. The maximum atomic E-state index is 5.90. The quantitative estimate of drug-likeness (QED) is 0.858. The Hall–Kier alpha value is -0.840. The predicted molar refractivity (Wildman–Crippen MR) is 65.8 cm³/mol. The van der Waals surface area contributed by atoms with Crippen LogP contribution in [0.2, 0.25) is 10.0 Å². The molecule has 0 spiro atoms. The van der Waals surface area contributed by atoms with Crippen LogP contribution in [0.3, 0.4) is 0 Å². The third-order valence-electron chi connectivity index (χ3n) is 2.28. The average molecular weight is 259 g/mol. The second kappa shape index (κ2) is 4.99. The van der Waals surface area contributed by atoms with Gasteiger partial charge in [-0.15, -0.1) is 0 Å². The van der Waals surface area contributed by atoms with Gasteiger partial charge >= 0.3 is 0 Å². The Bertz CT molecular complexity index is 456. The second-order valence-electron chi connectivity index (χ2n) is 3.55. The van der Waals surface area contributed by atoms with Crippen molar-refractivity contribution < 1.29 is 0 Å². The van der Waals surface area contributed by atoms with Crippen LogP contribution in [0.4, 0.5) is 0 Å². The normalized spacial score (nSPS) is 11.2. The van der Waals surface area contributed by atoms with E-state index in [2.05, 4.69) is 10.2 Å². The number of hydrogen-bond donors (Lipinski definition) is 1. The number of halogens is 2. The molecule has 16 heavy (non-hydrogen) atoms. The van der Waals surface area contributed by atoms with Crippen molar-refractivity contribution in [2.24, 2.45) is 5.73 Å². The first kappa shape index (κ1) is 11.6. The maximum absolute atomic E-state index is 5.90. The summed E-state index contributed by atoms with van der Waals surface area (Å²) in [5.74, 6) is 0. The summed E-state index contributed by atoms with van der Waals surface area (Å²) in [6, 6.07) is 3.46. The fraction of sp³-hybridized carbons (Fsp3) is 0.400. The zero-order valence-electron chi connectivity index (χ0n) is 8.66. The van der Waals surface area contributed by atoms with Crippen molar-refractivity contribution in [2.45, 2.75) is 19.4 Å². The largest absolute Gasteiger partial charge is 0.330 e. The molecule has 1 aromatic heterocycles. The van der Waals surface area contributed by atoms with Crippen LogP contribution in [0.15, 0.2) is 12.1 Å². The molecule has 2 aromatic rings. The van der Waals surface area contributed by atoms with E-state index in [1.807, 2.05) is 0 Å². The Labute approximate surface area is 103 Å². The standard InChI is InChI=1S/C10H12Cl2N4/c11-7-5-9-10(6-8(7)12)15-16(14-9)4-2-1-3-13/h5-6H,1-4,13H2. The van der Waals surface area contributed by atoms with Gasteiger partial charge in [-0.2, -0.15) is 15.0 Å². The number of nitrogens with two attached hydrogens (primary N) is 1. The van der Waals surface area contributed by atoms with Gasteiger partial charge in [-0.25, -0.2) is 0 Å². The molecule has 0 radical (unpaired) electrons. The smallest absolute Gasteiger partial charge is 0.114 e. The van der Waals surface area contributed by atoms with Gasteiger partial charge in [0.25, 0.3) is 0 Å². The van der Waals surface area contributed by atoms with Crippen LogP contribution in [0.5, 0.6) is 0 Å². The Morgan fingerprint density at radius 3 is 2.12 bits per heavy atom.